The number of rotatable bonds is 7. The minimum absolute atomic E-state index is 0.0400. The van der Waals surface area contributed by atoms with Crippen LogP contribution >= 0.6 is 11.8 Å². The average Bonchev–Trinajstić information content (AvgIpc) is 3.11. The number of alkyl halides is 3. The van der Waals surface area contributed by atoms with Gasteiger partial charge in [-0.3, -0.25) is 4.79 Å². The van der Waals surface area contributed by atoms with Crippen LogP contribution in [0.2, 0.25) is 0 Å². The van der Waals surface area contributed by atoms with Crippen molar-refractivity contribution in [1.82, 2.24) is 14.9 Å². The third kappa shape index (κ3) is 7.30. The summed E-state index contributed by atoms with van der Waals surface area (Å²) >= 11 is -0.220. The predicted octanol–water partition coefficient (Wildman–Crippen LogP) is 4.85. The second-order valence-corrected chi connectivity index (χ2v) is 10.3. The largest absolute Gasteiger partial charge is 0.495 e. The van der Waals surface area contributed by atoms with Crippen LogP contribution in [0.15, 0.2) is 41.3 Å². The van der Waals surface area contributed by atoms with E-state index in [-0.39, 0.29) is 46.9 Å². The Morgan fingerprint density at radius 3 is 2.79 bits per heavy atom. The van der Waals surface area contributed by atoms with Gasteiger partial charge in [-0.15, -0.1) is 0 Å². The van der Waals surface area contributed by atoms with E-state index in [2.05, 4.69) is 32.9 Å². The Hall–Kier alpha value is -3.56. The summed E-state index contributed by atoms with van der Waals surface area (Å²) < 4.78 is 47.3. The molecular formula is C27H31F3N6O2S. The summed E-state index contributed by atoms with van der Waals surface area (Å²) in [6.07, 6.45) is 4.67. The summed E-state index contributed by atoms with van der Waals surface area (Å²) in [5.41, 5.74) is 2.99. The van der Waals surface area contributed by atoms with E-state index < -0.39 is 5.51 Å². The zero-order valence-electron chi connectivity index (χ0n) is 21.7. The number of aromatic nitrogens is 2. The van der Waals surface area contributed by atoms with Gasteiger partial charge >= 0.3 is 5.51 Å². The van der Waals surface area contributed by atoms with E-state index >= 15 is 0 Å². The van der Waals surface area contributed by atoms with Crippen LogP contribution in [0.25, 0.3) is 5.52 Å². The second-order valence-electron chi connectivity index (χ2n) is 9.19. The molecule has 12 heteroatoms. The summed E-state index contributed by atoms with van der Waals surface area (Å²) in [6, 6.07) is 10.4. The number of anilines is 2. The van der Waals surface area contributed by atoms with Gasteiger partial charge in [0.1, 0.15) is 17.3 Å². The first-order chi connectivity index (χ1) is 18.7. The zero-order chi connectivity index (χ0) is 28.0. The smallest absolute Gasteiger partial charge is 0.446 e. The molecule has 2 heterocycles. The number of methoxy groups -OCH3 is 1. The lowest BCUT2D eigenvalue weighted by Gasteiger charge is -2.18. The number of ether oxygens (including phenoxy) is 1. The van der Waals surface area contributed by atoms with Crippen molar-refractivity contribution >= 4 is 34.7 Å². The lowest BCUT2D eigenvalue weighted by Crippen LogP contribution is -2.22. The molecule has 2 atom stereocenters. The maximum Gasteiger partial charge on any atom is 0.446 e. The van der Waals surface area contributed by atoms with Gasteiger partial charge in [0.15, 0.2) is 0 Å². The van der Waals surface area contributed by atoms with Gasteiger partial charge in [0.25, 0.3) is 5.91 Å². The first-order valence-electron chi connectivity index (χ1n) is 12.6. The van der Waals surface area contributed by atoms with Crippen molar-refractivity contribution in [3.63, 3.8) is 0 Å². The predicted molar refractivity (Wildman–Crippen MR) is 147 cm³/mol. The summed E-state index contributed by atoms with van der Waals surface area (Å²) in [5, 5.41) is 13.5. The molecule has 0 saturated heterocycles. The molecule has 1 aliphatic carbocycles. The Bertz CT molecular complexity index is 1380. The monoisotopic (exact) mass is 560 g/mol. The summed E-state index contributed by atoms with van der Waals surface area (Å²) in [5.74, 6) is 6.47. The Morgan fingerprint density at radius 1 is 1.23 bits per heavy atom. The van der Waals surface area contributed by atoms with E-state index in [1.54, 1.807) is 36.4 Å². The first-order valence-corrected chi connectivity index (χ1v) is 13.4. The van der Waals surface area contributed by atoms with Crippen LogP contribution in [-0.4, -0.2) is 53.8 Å². The van der Waals surface area contributed by atoms with Crippen molar-refractivity contribution in [2.24, 2.45) is 5.73 Å². The van der Waals surface area contributed by atoms with Crippen molar-refractivity contribution < 1.29 is 22.7 Å². The SMILES string of the molecule is CNC(=O)c1ccc(NCC#Cc2nn3c(NC4CCC[C@H](N)CC4)cccc3c2SC(F)(F)F)c(OC)c1. The molecule has 8 nitrogen and oxygen atoms in total. The summed E-state index contributed by atoms with van der Waals surface area (Å²) in [4.78, 5) is 11.8. The number of halogens is 3. The number of nitrogens with two attached hydrogens (primary N) is 1. The quantitative estimate of drug-likeness (QED) is 0.186. The molecule has 1 aliphatic rings. The number of hydrogen-bond acceptors (Lipinski definition) is 7. The third-order valence-corrected chi connectivity index (χ3v) is 7.30. The van der Waals surface area contributed by atoms with E-state index in [4.69, 9.17) is 10.5 Å². The van der Waals surface area contributed by atoms with Crippen molar-refractivity contribution in [2.75, 3.05) is 31.3 Å². The van der Waals surface area contributed by atoms with Crippen LogP contribution < -0.4 is 26.4 Å². The van der Waals surface area contributed by atoms with Gasteiger partial charge in [-0.2, -0.15) is 18.3 Å². The minimum Gasteiger partial charge on any atom is -0.495 e. The number of amides is 1. The van der Waals surface area contributed by atoms with Crippen molar-refractivity contribution in [1.29, 1.82) is 0 Å². The Morgan fingerprint density at radius 2 is 2.05 bits per heavy atom. The van der Waals surface area contributed by atoms with Gasteiger partial charge in [0.05, 0.1) is 29.8 Å². The molecule has 4 rings (SSSR count). The highest BCUT2D eigenvalue weighted by atomic mass is 32.2. The minimum atomic E-state index is -4.50. The van der Waals surface area contributed by atoms with Crippen molar-refractivity contribution in [2.45, 2.75) is 54.6 Å². The van der Waals surface area contributed by atoms with Crippen LogP contribution in [0.3, 0.4) is 0 Å². The van der Waals surface area contributed by atoms with Gasteiger partial charge in [-0.1, -0.05) is 12.0 Å². The summed E-state index contributed by atoms with van der Waals surface area (Å²) in [6.45, 7) is 0.118. The van der Waals surface area contributed by atoms with Gasteiger partial charge in [0, 0.05) is 24.7 Å². The van der Waals surface area contributed by atoms with E-state index in [1.807, 2.05) is 0 Å². The Labute approximate surface area is 229 Å². The number of carbonyl (C=O) groups excluding carboxylic acids is 1. The molecule has 1 amide bonds. The van der Waals surface area contributed by atoms with Crippen LogP contribution in [0.4, 0.5) is 24.7 Å². The van der Waals surface area contributed by atoms with Crippen molar-refractivity contribution in [3.8, 4) is 17.6 Å². The lowest BCUT2D eigenvalue weighted by atomic mass is 10.1. The first kappa shape index (κ1) is 28.4. The molecule has 1 unspecified atom stereocenters. The molecule has 0 radical (unpaired) electrons. The molecular weight excluding hydrogens is 529 g/mol. The van der Waals surface area contributed by atoms with Gasteiger partial charge in [-0.05, 0) is 80.1 Å². The fraction of sp³-hybridized carbons (Fsp3) is 0.407. The standard InChI is InChI=1S/C27H31F3N6O2S/c1-32-26(37)17-11-14-20(23(16-17)38-2)33-15-5-8-21-25(39-27(28,29)30)22-9-4-10-24(36(22)35-21)34-19-7-3-6-18(31)12-13-19/h4,9-11,14,16,18-19,33-34H,3,6-7,12-13,15,31H2,1-2H3,(H,32,37)/t18-,19?/m0/s1. The molecule has 2 aromatic heterocycles. The maximum absolute atomic E-state index is 13.5. The molecule has 0 bridgehead atoms. The molecule has 1 aromatic carbocycles. The fourth-order valence-electron chi connectivity index (χ4n) is 4.53. The second kappa shape index (κ2) is 12.5. The van der Waals surface area contributed by atoms with E-state index in [0.29, 0.717) is 28.3 Å². The number of carbonyl (C=O) groups is 1. The maximum atomic E-state index is 13.5. The number of thioether (sulfide) groups is 1. The molecule has 0 aliphatic heterocycles. The number of hydrogen-bond donors (Lipinski definition) is 4. The number of nitrogens with one attached hydrogen (secondary N) is 3. The van der Waals surface area contributed by atoms with Crippen molar-refractivity contribution in [3.05, 3.63) is 47.7 Å². The van der Waals surface area contributed by atoms with Crippen LogP contribution in [0, 0.1) is 11.8 Å². The molecule has 3 aromatic rings. The molecule has 208 valence electrons. The lowest BCUT2D eigenvalue weighted by molar-refractivity contribution is -0.0327. The average molecular weight is 561 g/mol. The number of nitrogens with zero attached hydrogens (tertiary/aromatic N) is 2. The van der Waals surface area contributed by atoms with Crippen LogP contribution in [0.1, 0.15) is 48.2 Å². The topological polar surface area (TPSA) is 106 Å². The van der Waals surface area contributed by atoms with E-state index in [9.17, 15) is 18.0 Å². The van der Waals surface area contributed by atoms with Crippen LogP contribution in [0.5, 0.6) is 5.75 Å². The van der Waals surface area contributed by atoms with Gasteiger partial charge in [-0.25, -0.2) is 4.52 Å². The van der Waals surface area contributed by atoms with Gasteiger partial charge in [0.2, 0.25) is 0 Å². The highest BCUT2D eigenvalue weighted by molar-refractivity contribution is 8.00. The highest BCUT2D eigenvalue weighted by Crippen LogP contribution is 2.41. The normalized spacial score (nSPS) is 17.6. The highest BCUT2D eigenvalue weighted by Gasteiger charge is 2.33. The third-order valence-electron chi connectivity index (χ3n) is 6.46. The molecule has 39 heavy (non-hydrogen) atoms. The van der Waals surface area contributed by atoms with E-state index in [1.165, 1.54) is 18.7 Å². The number of benzene rings is 1. The number of pyridine rings is 1. The molecule has 1 saturated carbocycles. The molecule has 5 N–H and O–H groups in total. The number of fused-ring (bicyclic) bond motifs is 1. The Balaban J connectivity index is 1.58. The van der Waals surface area contributed by atoms with E-state index in [0.717, 1.165) is 32.1 Å². The Kier molecular flexibility index (Phi) is 9.14. The fourth-order valence-corrected chi connectivity index (χ4v) is 5.21. The van der Waals surface area contributed by atoms with Crippen LogP contribution in [-0.2, 0) is 0 Å². The molecule has 0 spiro atoms. The summed E-state index contributed by atoms with van der Waals surface area (Å²) in [7, 11) is 3.01. The zero-order valence-corrected chi connectivity index (χ0v) is 22.5. The van der Waals surface area contributed by atoms with Gasteiger partial charge < -0.3 is 26.4 Å². The molecule has 1 fully saturated rings.